The highest BCUT2D eigenvalue weighted by Gasteiger charge is 2.08. The number of H-pyrrole nitrogens is 1. The van der Waals surface area contributed by atoms with Crippen LogP contribution in [0.15, 0.2) is 35.3 Å². The third kappa shape index (κ3) is 2.20. The molecule has 1 heterocycles. The first kappa shape index (κ1) is 11.4. The molecule has 0 radical (unpaired) electrons. The molecule has 88 valence electrons. The third-order valence-electron chi connectivity index (χ3n) is 2.57. The Morgan fingerprint density at radius 2 is 2.06 bits per heavy atom. The summed E-state index contributed by atoms with van der Waals surface area (Å²) in [5.74, 6) is 0.225. The van der Waals surface area contributed by atoms with Crippen molar-refractivity contribution in [3.05, 3.63) is 52.2 Å². The average Bonchev–Trinajstić information content (AvgIpc) is 2.33. The Labute approximate surface area is 97.9 Å². The number of hydrogen-bond donors (Lipinski definition) is 1. The number of aromatic amines is 1. The van der Waals surface area contributed by atoms with Crippen LogP contribution < -0.4 is 10.3 Å². The fraction of sp³-hybridized carbons (Fsp3) is 0.154. The summed E-state index contributed by atoms with van der Waals surface area (Å²) in [6, 6.07) is 6.14. The fourth-order valence-corrected chi connectivity index (χ4v) is 1.61. The molecule has 3 nitrogen and oxygen atoms in total. The molecule has 1 aromatic carbocycles. The monoisotopic (exact) mass is 233 g/mol. The summed E-state index contributed by atoms with van der Waals surface area (Å²) < 4.78 is 18.7. The van der Waals surface area contributed by atoms with E-state index in [1.54, 1.807) is 25.1 Å². The van der Waals surface area contributed by atoms with Crippen molar-refractivity contribution in [2.24, 2.45) is 0 Å². The molecule has 2 aromatic rings. The van der Waals surface area contributed by atoms with Crippen molar-refractivity contribution in [1.29, 1.82) is 0 Å². The van der Waals surface area contributed by atoms with E-state index in [0.29, 0.717) is 22.4 Å². The van der Waals surface area contributed by atoms with Crippen LogP contribution in [0.3, 0.4) is 0 Å². The van der Waals surface area contributed by atoms with E-state index in [-0.39, 0.29) is 11.4 Å². The molecule has 1 N–H and O–H groups in total. The molecule has 0 aliphatic carbocycles. The Morgan fingerprint density at radius 3 is 2.71 bits per heavy atom. The molecular formula is C13H12FNO2. The zero-order valence-corrected chi connectivity index (χ0v) is 9.58. The SMILES string of the molecule is COc1ccc(F)c(-c2c[nH]c(=O)c(C)c2)c1. The van der Waals surface area contributed by atoms with Gasteiger partial charge >= 0.3 is 0 Å². The first-order valence-electron chi connectivity index (χ1n) is 5.15. The van der Waals surface area contributed by atoms with Crippen LogP contribution in [0.2, 0.25) is 0 Å². The normalized spacial score (nSPS) is 10.3. The van der Waals surface area contributed by atoms with Crippen LogP contribution in [0.5, 0.6) is 5.75 Å². The number of ether oxygens (including phenoxy) is 1. The Morgan fingerprint density at radius 1 is 1.29 bits per heavy atom. The first-order valence-corrected chi connectivity index (χ1v) is 5.15. The number of aryl methyl sites for hydroxylation is 1. The highest BCUT2D eigenvalue weighted by Crippen LogP contribution is 2.26. The van der Waals surface area contributed by atoms with Crippen LogP contribution in [0.25, 0.3) is 11.1 Å². The van der Waals surface area contributed by atoms with Gasteiger partial charge in [-0.25, -0.2) is 4.39 Å². The maximum atomic E-state index is 13.7. The minimum atomic E-state index is -0.350. The largest absolute Gasteiger partial charge is 0.497 e. The minimum absolute atomic E-state index is 0.169. The standard InChI is InChI=1S/C13H12FNO2/c1-8-5-9(7-15-13(8)16)11-6-10(17-2)3-4-12(11)14/h3-7H,1-2H3,(H,15,16). The van der Waals surface area contributed by atoms with E-state index in [9.17, 15) is 9.18 Å². The van der Waals surface area contributed by atoms with E-state index < -0.39 is 0 Å². The van der Waals surface area contributed by atoms with Crippen molar-refractivity contribution < 1.29 is 9.13 Å². The van der Waals surface area contributed by atoms with Crippen molar-refractivity contribution in [2.75, 3.05) is 7.11 Å². The predicted octanol–water partition coefficient (Wildman–Crippen LogP) is 2.50. The van der Waals surface area contributed by atoms with Gasteiger partial charge in [-0.2, -0.15) is 0 Å². The van der Waals surface area contributed by atoms with Gasteiger partial charge in [-0.05, 0) is 31.2 Å². The van der Waals surface area contributed by atoms with Crippen molar-refractivity contribution in [3.8, 4) is 16.9 Å². The molecule has 0 saturated heterocycles. The lowest BCUT2D eigenvalue weighted by Crippen LogP contribution is -2.08. The highest BCUT2D eigenvalue weighted by atomic mass is 19.1. The second kappa shape index (κ2) is 4.41. The molecule has 0 unspecified atom stereocenters. The number of pyridine rings is 1. The zero-order chi connectivity index (χ0) is 12.4. The van der Waals surface area contributed by atoms with Gasteiger partial charge in [0.2, 0.25) is 0 Å². The maximum Gasteiger partial charge on any atom is 0.250 e. The molecule has 17 heavy (non-hydrogen) atoms. The lowest BCUT2D eigenvalue weighted by atomic mass is 10.1. The summed E-state index contributed by atoms with van der Waals surface area (Å²) in [7, 11) is 1.52. The molecule has 1 aromatic heterocycles. The Hall–Kier alpha value is -2.10. The van der Waals surface area contributed by atoms with E-state index >= 15 is 0 Å². The van der Waals surface area contributed by atoms with Gasteiger partial charge in [0, 0.05) is 22.9 Å². The summed E-state index contributed by atoms with van der Waals surface area (Å²) in [4.78, 5) is 13.8. The van der Waals surface area contributed by atoms with Gasteiger partial charge in [-0.15, -0.1) is 0 Å². The van der Waals surface area contributed by atoms with Gasteiger partial charge in [0.1, 0.15) is 11.6 Å². The van der Waals surface area contributed by atoms with Crippen molar-refractivity contribution in [2.45, 2.75) is 6.92 Å². The predicted molar refractivity (Wildman–Crippen MR) is 63.7 cm³/mol. The van der Waals surface area contributed by atoms with Gasteiger partial charge in [-0.3, -0.25) is 4.79 Å². The van der Waals surface area contributed by atoms with E-state index in [1.165, 1.54) is 19.4 Å². The number of methoxy groups -OCH3 is 1. The van der Waals surface area contributed by atoms with E-state index in [4.69, 9.17) is 4.74 Å². The van der Waals surface area contributed by atoms with Crippen molar-refractivity contribution in [1.82, 2.24) is 4.98 Å². The summed E-state index contributed by atoms with van der Waals surface area (Å²) in [5, 5.41) is 0. The quantitative estimate of drug-likeness (QED) is 0.865. The summed E-state index contributed by atoms with van der Waals surface area (Å²) in [6.45, 7) is 1.68. The van der Waals surface area contributed by atoms with Crippen LogP contribution in [-0.2, 0) is 0 Å². The summed E-state index contributed by atoms with van der Waals surface area (Å²) in [5.41, 5.74) is 1.41. The average molecular weight is 233 g/mol. The first-order chi connectivity index (χ1) is 8.11. The lowest BCUT2D eigenvalue weighted by Gasteiger charge is -2.06. The van der Waals surface area contributed by atoms with E-state index in [1.807, 2.05) is 0 Å². The van der Waals surface area contributed by atoms with Gasteiger partial charge in [-0.1, -0.05) is 0 Å². The second-order valence-electron chi connectivity index (χ2n) is 3.75. The molecule has 0 bridgehead atoms. The Balaban J connectivity index is 2.59. The number of rotatable bonds is 2. The molecule has 0 aliphatic heterocycles. The molecule has 0 amide bonds. The van der Waals surface area contributed by atoms with Crippen LogP contribution in [-0.4, -0.2) is 12.1 Å². The lowest BCUT2D eigenvalue weighted by molar-refractivity contribution is 0.414. The van der Waals surface area contributed by atoms with Crippen LogP contribution in [0.1, 0.15) is 5.56 Å². The molecule has 0 spiro atoms. The number of aromatic nitrogens is 1. The fourth-order valence-electron chi connectivity index (χ4n) is 1.61. The van der Waals surface area contributed by atoms with E-state index in [0.717, 1.165) is 0 Å². The van der Waals surface area contributed by atoms with Gasteiger partial charge in [0.05, 0.1) is 7.11 Å². The van der Waals surface area contributed by atoms with Gasteiger partial charge in [0.15, 0.2) is 0 Å². The van der Waals surface area contributed by atoms with E-state index in [2.05, 4.69) is 4.98 Å². The smallest absolute Gasteiger partial charge is 0.250 e. The summed E-state index contributed by atoms with van der Waals surface area (Å²) >= 11 is 0. The third-order valence-corrected chi connectivity index (χ3v) is 2.57. The zero-order valence-electron chi connectivity index (χ0n) is 9.58. The van der Waals surface area contributed by atoms with Gasteiger partial charge in [0.25, 0.3) is 5.56 Å². The summed E-state index contributed by atoms with van der Waals surface area (Å²) in [6.07, 6.45) is 1.49. The maximum absolute atomic E-state index is 13.7. The molecular weight excluding hydrogens is 221 g/mol. The minimum Gasteiger partial charge on any atom is -0.497 e. The van der Waals surface area contributed by atoms with Crippen LogP contribution in [0, 0.1) is 12.7 Å². The Bertz CT molecular complexity index is 605. The second-order valence-corrected chi connectivity index (χ2v) is 3.75. The van der Waals surface area contributed by atoms with Crippen LogP contribution in [0.4, 0.5) is 4.39 Å². The molecule has 0 aliphatic rings. The number of hydrogen-bond acceptors (Lipinski definition) is 2. The molecule has 0 saturated carbocycles. The molecule has 0 atom stereocenters. The van der Waals surface area contributed by atoms with Gasteiger partial charge < -0.3 is 9.72 Å². The number of halogens is 1. The molecule has 4 heteroatoms. The molecule has 0 fully saturated rings. The number of benzene rings is 1. The molecule has 2 rings (SSSR count). The van der Waals surface area contributed by atoms with Crippen LogP contribution >= 0.6 is 0 Å². The van der Waals surface area contributed by atoms with Crippen molar-refractivity contribution in [3.63, 3.8) is 0 Å². The number of nitrogens with one attached hydrogen (secondary N) is 1. The van der Waals surface area contributed by atoms with Crippen molar-refractivity contribution >= 4 is 0 Å². The topological polar surface area (TPSA) is 42.1 Å². The highest BCUT2D eigenvalue weighted by molar-refractivity contribution is 5.65. The Kier molecular flexibility index (Phi) is 2.95.